The van der Waals surface area contributed by atoms with Gasteiger partial charge >= 0.3 is 0 Å². The minimum absolute atomic E-state index is 0.0854. The first kappa shape index (κ1) is 24.2. The molecule has 1 aromatic heterocycles. The number of allylic oxidation sites excluding steroid dienone is 1. The van der Waals surface area contributed by atoms with Crippen molar-refractivity contribution in [3.8, 4) is 34.3 Å². The quantitative estimate of drug-likeness (QED) is 0.358. The summed E-state index contributed by atoms with van der Waals surface area (Å²) in [6, 6.07) is 6.59. The fourth-order valence-corrected chi connectivity index (χ4v) is 3.86. The molecule has 7 heteroatoms. The monoisotopic (exact) mass is 454 g/mol. The number of benzene rings is 2. The number of aromatic hydroxyl groups is 3. The van der Waals surface area contributed by atoms with Gasteiger partial charge in [0.1, 0.15) is 39.7 Å². The molecule has 7 nitrogen and oxygen atoms in total. The highest BCUT2D eigenvalue weighted by molar-refractivity contribution is 5.90. The molecule has 0 spiro atoms. The van der Waals surface area contributed by atoms with Crippen LogP contribution in [0, 0.1) is 5.92 Å². The lowest BCUT2D eigenvalue weighted by atomic mass is 9.85. The number of aliphatic hydroxyl groups is 1. The highest BCUT2D eigenvalue weighted by Crippen LogP contribution is 2.40. The maximum Gasteiger partial charge on any atom is 0.197 e. The van der Waals surface area contributed by atoms with Crippen LogP contribution in [-0.4, -0.2) is 33.1 Å². The van der Waals surface area contributed by atoms with Crippen molar-refractivity contribution in [2.45, 2.75) is 45.6 Å². The van der Waals surface area contributed by atoms with E-state index in [4.69, 9.17) is 9.15 Å². The van der Waals surface area contributed by atoms with Crippen molar-refractivity contribution in [2.24, 2.45) is 5.92 Å². The molecule has 4 N–H and O–H groups in total. The molecule has 0 saturated heterocycles. The van der Waals surface area contributed by atoms with Gasteiger partial charge in [0.25, 0.3) is 0 Å². The maximum atomic E-state index is 13.1. The van der Waals surface area contributed by atoms with E-state index in [0.717, 1.165) is 11.6 Å². The largest absolute Gasteiger partial charge is 0.508 e. The molecule has 0 radical (unpaired) electrons. The Labute approximate surface area is 192 Å². The number of hydrogen-bond donors (Lipinski definition) is 4. The number of methoxy groups -OCH3 is 1. The maximum absolute atomic E-state index is 13.1. The third kappa shape index (κ3) is 5.31. The van der Waals surface area contributed by atoms with Crippen LogP contribution in [0.4, 0.5) is 0 Å². The molecule has 3 aromatic rings. The lowest BCUT2D eigenvalue weighted by molar-refractivity contribution is 0.0651. The first-order chi connectivity index (χ1) is 15.4. The summed E-state index contributed by atoms with van der Waals surface area (Å²) < 4.78 is 11.4. The summed E-state index contributed by atoms with van der Waals surface area (Å²) in [5, 5.41) is 41.0. The van der Waals surface area contributed by atoms with E-state index < -0.39 is 11.0 Å². The van der Waals surface area contributed by atoms with Crippen molar-refractivity contribution >= 4 is 11.0 Å². The summed E-state index contributed by atoms with van der Waals surface area (Å²) in [5.41, 5.74) is 0.396. The average Bonchev–Trinajstić information content (AvgIpc) is 2.70. The Hall–Kier alpha value is -3.45. The zero-order valence-corrected chi connectivity index (χ0v) is 19.3. The molecule has 0 amide bonds. The summed E-state index contributed by atoms with van der Waals surface area (Å²) in [4.78, 5) is 13.1. The van der Waals surface area contributed by atoms with Crippen molar-refractivity contribution in [1.82, 2.24) is 0 Å². The molecular formula is C26H30O7. The summed E-state index contributed by atoms with van der Waals surface area (Å²) in [5.74, 6) is -0.308. The Bertz CT molecular complexity index is 1250. The highest BCUT2D eigenvalue weighted by atomic mass is 16.5. The van der Waals surface area contributed by atoms with Gasteiger partial charge in [0.15, 0.2) is 5.43 Å². The van der Waals surface area contributed by atoms with Crippen molar-refractivity contribution in [2.75, 3.05) is 7.11 Å². The molecule has 3 rings (SSSR count). The third-order valence-corrected chi connectivity index (χ3v) is 5.76. The minimum Gasteiger partial charge on any atom is -0.508 e. The highest BCUT2D eigenvalue weighted by Gasteiger charge is 2.24. The molecule has 33 heavy (non-hydrogen) atoms. The second-order valence-corrected chi connectivity index (χ2v) is 9.06. The summed E-state index contributed by atoms with van der Waals surface area (Å²) in [6.07, 6.45) is 1.47. The molecule has 0 aliphatic heterocycles. The summed E-state index contributed by atoms with van der Waals surface area (Å²) in [7, 11) is 1.40. The molecule has 0 unspecified atom stereocenters. The van der Waals surface area contributed by atoms with Crippen molar-refractivity contribution in [3.05, 3.63) is 58.3 Å². The Morgan fingerprint density at radius 3 is 2.42 bits per heavy atom. The van der Waals surface area contributed by atoms with E-state index in [1.165, 1.54) is 31.4 Å². The van der Waals surface area contributed by atoms with E-state index in [0.29, 0.717) is 24.8 Å². The van der Waals surface area contributed by atoms with Crippen molar-refractivity contribution < 1.29 is 29.6 Å². The van der Waals surface area contributed by atoms with Crippen LogP contribution in [-0.2, 0) is 6.42 Å². The lowest BCUT2D eigenvalue weighted by Crippen LogP contribution is -2.21. The van der Waals surface area contributed by atoms with Crippen LogP contribution in [0.25, 0.3) is 22.3 Å². The topological polar surface area (TPSA) is 120 Å². The van der Waals surface area contributed by atoms with Gasteiger partial charge in [-0.15, -0.1) is 0 Å². The predicted octanol–water partition coefficient (Wildman–Crippen LogP) is 4.87. The first-order valence-corrected chi connectivity index (χ1v) is 10.7. The zero-order chi connectivity index (χ0) is 24.5. The minimum atomic E-state index is -0.853. The SMILES string of the molecule is C=C(C)[C@H](CCC(C)(C)O)Cc1c(O)cc(OC)c2c(=O)cc(-c3ccc(O)cc3O)oc12. The molecule has 0 bridgehead atoms. The Morgan fingerprint density at radius 1 is 1.15 bits per heavy atom. The van der Waals surface area contributed by atoms with Crippen LogP contribution in [0.3, 0.4) is 0 Å². The van der Waals surface area contributed by atoms with Gasteiger partial charge in [-0.1, -0.05) is 12.2 Å². The molecule has 176 valence electrons. The van der Waals surface area contributed by atoms with E-state index >= 15 is 0 Å². The number of rotatable bonds is 8. The zero-order valence-electron chi connectivity index (χ0n) is 19.3. The second kappa shape index (κ2) is 9.19. The lowest BCUT2D eigenvalue weighted by Gasteiger charge is -2.23. The number of ether oxygens (including phenoxy) is 1. The summed E-state index contributed by atoms with van der Waals surface area (Å²) in [6.45, 7) is 9.41. The van der Waals surface area contributed by atoms with Gasteiger partial charge < -0.3 is 29.6 Å². The van der Waals surface area contributed by atoms with Gasteiger partial charge in [-0.2, -0.15) is 0 Å². The molecule has 1 atom stereocenters. The van der Waals surface area contributed by atoms with Gasteiger partial charge in [0.2, 0.25) is 0 Å². The molecule has 0 aliphatic carbocycles. The normalized spacial score (nSPS) is 12.6. The van der Waals surface area contributed by atoms with Crippen LogP contribution < -0.4 is 10.2 Å². The van der Waals surface area contributed by atoms with Gasteiger partial charge in [-0.3, -0.25) is 4.79 Å². The number of phenolic OH excluding ortho intramolecular Hbond substituents is 3. The van der Waals surface area contributed by atoms with Gasteiger partial charge in [-0.05, 0) is 58.1 Å². The molecule has 2 aromatic carbocycles. The van der Waals surface area contributed by atoms with E-state index in [9.17, 15) is 25.2 Å². The summed E-state index contributed by atoms with van der Waals surface area (Å²) >= 11 is 0. The Morgan fingerprint density at radius 2 is 1.85 bits per heavy atom. The van der Waals surface area contributed by atoms with Gasteiger partial charge in [-0.25, -0.2) is 0 Å². The Kier molecular flexibility index (Phi) is 6.74. The average molecular weight is 455 g/mol. The van der Waals surface area contributed by atoms with Crippen LogP contribution in [0.5, 0.6) is 23.0 Å². The standard InChI is InChI=1S/C26H30O7/c1-14(2)15(8-9-26(3,4)31)10-18-20(29)12-23(32-5)24-21(30)13-22(33-25(18)24)17-7-6-16(27)11-19(17)28/h6-7,11-13,15,27-29,31H,1,8-10H2,2-5H3/t15-/m1/s1. The molecule has 0 saturated carbocycles. The van der Waals surface area contributed by atoms with Crippen LogP contribution in [0.15, 0.2) is 51.7 Å². The van der Waals surface area contributed by atoms with E-state index in [-0.39, 0.29) is 51.2 Å². The van der Waals surface area contributed by atoms with E-state index in [1.807, 2.05) is 6.92 Å². The first-order valence-electron chi connectivity index (χ1n) is 10.7. The van der Waals surface area contributed by atoms with Crippen LogP contribution in [0.2, 0.25) is 0 Å². The number of fused-ring (bicyclic) bond motifs is 1. The van der Waals surface area contributed by atoms with E-state index in [2.05, 4.69) is 6.58 Å². The van der Waals surface area contributed by atoms with Crippen LogP contribution in [0.1, 0.15) is 39.2 Å². The van der Waals surface area contributed by atoms with Gasteiger partial charge in [0, 0.05) is 23.8 Å². The van der Waals surface area contributed by atoms with Crippen molar-refractivity contribution in [1.29, 1.82) is 0 Å². The molecular weight excluding hydrogens is 424 g/mol. The Balaban J connectivity index is 2.21. The molecule has 0 fully saturated rings. The number of phenols is 3. The molecule has 0 aliphatic rings. The fraction of sp³-hybridized carbons (Fsp3) is 0.346. The second-order valence-electron chi connectivity index (χ2n) is 9.06. The van der Waals surface area contributed by atoms with E-state index in [1.54, 1.807) is 13.8 Å². The van der Waals surface area contributed by atoms with Crippen LogP contribution >= 0.6 is 0 Å². The third-order valence-electron chi connectivity index (χ3n) is 5.76. The predicted molar refractivity (Wildman–Crippen MR) is 127 cm³/mol. The fourth-order valence-electron chi connectivity index (χ4n) is 3.86. The van der Waals surface area contributed by atoms with Crippen molar-refractivity contribution in [3.63, 3.8) is 0 Å². The smallest absolute Gasteiger partial charge is 0.197 e. The number of hydrogen-bond acceptors (Lipinski definition) is 7. The molecule has 1 heterocycles. The van der Waals surface area contributed by atoms with Gasteiger partial charge in [0.05, 0.1) is 18.3 Å².